The van der Waals surface area contributed by atoms with Crippen molar-refractivity contribution in [3.8, 4) is 0 Å². The number of hydrogen-bond acceptors (Lipinski definition) is 3. The Bertz CT molecular complexity index is 905. The Hall–Kier alpha value is -1.77. The normalized spacial score (nSPS) is 17.6. The van der Waals surface area contributed by atoms with Gasteiger partial charge in [-0.05, 0) is 35.7 Å². The highest BCUT2D eigenvalue weighted by molar-refractivity contribution is 7.89. The molecule has 1 aliphatic rings. The monoisotopic (exact) mass is 418 g/mol. The summed E-state index contributed by atoms with van der Waals surface area (Å²) in [5, 5.41) is 0.493. The van der Waals surface area contributed by atoms with Gasteiger partial charge in [-0.1, -0.05) is 41.9 Å². The van der Waals surface area contributed by atoms with Crippen LogP contribution in [0.2, 0.25) is 5.02 Å². The maximum Gasteiger partial charge on any atom is 0.404 e. The summed E-state index contributed by atoms with van der Waals surface area (Å²) in [6, 6.07) is 14.2. The summed E-state index contributed by atoms with van der Waals surface area (Å²) in [7, 11) is -4.48. The molecule has 1 unspecified atom stereocenters. The first-order chi connectivity index (χ1) is 12.6. The Labute approximate surface area is 161 Å². The van der Waals surface area contributed by atoms with Crippen molar-refractivity contribution < 1.29 is 21.6 Å². The zero-order valence-corrected chi connectivity index (χ0v) is 15.8. The molecule has 0 radical (unpaired) electrons. The predicted octanol–water partition coefficient (Wildman–Crippen LogP) is 3.75. The summed E-state index contributed by atoms with van der Waals surface area (Å²) in [5.74, 6) is -1.89. The van der Waals surface area contributed by atoms with Gasteiger partial charge in [0, 0.05) is 29.8 Å². The largest absolute Gasteiger partial charge is 0.404 e. The average molecular weight is 419 g/mol. The summed E-state index contributed by atoms with van der Waals surface area (Å²) in [6.07, 6.45) is -4.51. The zero-order valence-electron chi connectivity index (χ0n) is 14.2. The van der Waals surface area contributed by atoms with Crippen LogP contribution in [-0.2, 0) is 23.0 Å². The number of alkyl halides is 3. The lowest BCUT2D eigenvalue weighted by atomic mass is 9.98. The molecule has 0 bridgehead atoms. The molecule has 9 heteroatoms. The highest BCUT2D eigenvalue weighted by Gasteiger charge is 2.37. The molecule has 0 saturated heterocycles. The van der Waals surface area contributed by atoms with Gasteiger partial charge in [-0.25, -0.2) is 13.1 Å². The van der Waals surface area contributed by atoms with E-state index in [1.165, 1.54) is 0 Å². The Kier molecular flexibility index (Phi) is 5.69. The molecule has 2 aromatic carbocycles. The molecular weight excluding hydrogens is 401 g/mol. The Morgan fingerprint density at radius 2 is 1.85 bits per heavy atom. The second kappa shape index (κ2) is 7.69. The standard InChI is InChI=1S/C18H18ClF3N2O2S/c19-15-6-7-17-14(8-15)9-16(23-27(25,26)12-18(20,21)22)11-24(17)10-13-4-2-1-3-5-13/h1-8,16,23H,9-12H2. The van der Waals surface area contributed by atoms with E-state index in [9.17, 15) is 21.6 Å². The lowest BCUT2D eigenvalue weighted by molar-refractivity contribution is -0.106. The van der Waals surface area contributed by atoms with Crippen LogP contribution < -0.4 is 9.62 Å². The molecule has 0 aliphatic carbocycles. The summed E-state index contributed by atoms with van der Waals surface area (Å²) < 4.78 is 63.5. The van der Waals surface area contributed by atoms with Crippen LogP contribution in [0.4, 0.5) is 18.9 Å². The van der Waals surface area contributed by atoms with Gasteiger partial charge < -0.3 is 4.90 Å². The van der Waals surface area contributed by atoms with E-state index in [1.807, 2.05) is 41.3 Å². The van der Waals surface area contributed by atoms with E-state index >= 15 is 0 Å². The van der Waals surface area contributed by atoms with E-state index in [0.29, 0.717) is 11.6 Å². The summed E-state index contributed by atoms with van der Waals surface area (Å²) in [5.41, 5.74) is 2.70. The Balaban J connectivity index is 1.84. The minimum atomic E-state index is -4.79. The SMILES string of the molecule is O=S(=O)(CC(F)(F)F)NC1Cc2cc(Cl)ccc2N(Cc2ccccc2)C1. The predicted molar refractivity (Wildman–Crippen MR) is 99.4 cm³/mol. The number of anilines is 1. The molecule has 1 heterocycles. The van der Waals surface area contributed by atoms with Gasteiger partial charge >= 0.3 is 6.18 Å². The molecular formula is C18H18ClF3N2O2S. The van der Waals surface area contributed by atoms with Crippen molar-refractivity contribution >= 4 is 27.3 Å². The van der Waals surface area contributed by atoms with E-state index in [1.54, 1.807) is 12.1 Å². The molecule has 0 spiro atoms. The second-order valence-electron chi connectivity index (χ2n) is 6.53. The highest BCUT2D eigenvalue weighted by Crippen LogP contribution is 2.31. The highest BCUT2D eigenvalue weighted by atomic mass is 35.5. The van der Waals surface area contributed by atoms with Crippen LogP contribution in [-0.4, -0.2) is 32.9 Å². The van der Waals surface area contributed by atoms with E-state index < -0.39 is 28.0 Å². The van der Waals surface area contributed by atoms with Gasteiger partial charge in [-0.3, -0.25) is 0 Å². The van der Waals surface area contributed by atoms with E-state index in [2.05, 4.69) is 4.72 Å². The number of fused-ring (bicyclic) bond motifs is 1. The molecule has 1 N–H and O–H groups in total. The van der Waals surface area contributed by atoms with Crippen molar-refractivity contribution in [2.24, 2.45) is 0 Å². The number of nitrogens with one attached hydrogen (secondary N) is 1. The lowest BCUT2D eigenvalue weighted by Crippen LogP contribution is -2.49. The van der Waals surface area contributed by atoms with Gasteiger partial charge in [0.1, 0.15) is 0 Å². The van der Waals surface area contributed by atoms with Crippen LogP contribution >= 0.6 is 11.6 Å². The van der Waals surface area contributed by atoms with Crippen molar-refractivity contribution in [3.63, 3.8) is 0 Å². The number of nitrogens with zero attached hydrogens (tertiary/aromatic N) is 1. The smallest absolute Gasteiger partial charge is 0.365 e. The molecule has 0 aromatic heterocycles. The first-order valence-corrected chi connectivity index (χ1v) is 10.3. The van der Waals surface area contributed by atoms with Gasteiger partial charge in [-0.15, -0.1) is 0 Å². The fourth-order valence-electron chi connectivity index (χ4n) is 3.26. The van der Waals surface area contributed by atoms with Crippen molar-refractivity contribution in [2.45, 2.75) is 25.2 Å². The molecule has 1 aliphatic heterocycles. The third-order valence-corrected chi connectivity index (χ3v) is 5.84. The van der Waals surface area contributed by atoms with Crippen LogP contribution in [0.15, 0.2) is 48.5 Å². The summed E-state index contributed by atoms with van der Waals surface area (Å²) in [4.78, 5) is 1.95. The molecule has 2 aromatic rings. The van der Waals surface area contributed by atoms with Gasteiger partial charge in [0.05, 0.1) is 0 Å². The molecule has 27 heavy (non-hydrogen) atoms. The third kappa shape index (κ3) is 5.60. The molecule has 146 valence electrons. The van der Waals surface area contributed by atoms with E-state index in [4.69, 9.17) is 11.6 Å². The number of benzene rings is 2. The number of hydrogen-bond donors (Lipinski definition) is 1. The van der Waals surface area contributed by atoms with E-state index in [0.717, 1.165) is 16.8 Å². The minimum Gasteiger partial charge on any atom is -0.365 e. The first-order valence-electron chi connectivity index (χ1n) is 8.25. The zero-order chi connectivity index (χ0) is 19.7. The van der Waals surface area contributed by atoms with Crippen LogP contribution in [0, 0.1) is 0 Å². The molecule has 1 atom stereocenters. The van der Waals surface area contributed by atoms with Crippen molar-refractivity contribution in [1.82, 2.24) is 4.72 Å². The average Bonchev–Trinajstić information content (AvgIpc) is 2.52. The van der Waals surface area contributed by atoms with Gasteiger partial charge in [0.2, 0.25) is 10.0 Å². The number of halogens is 4. The molecule has 0 amide bonds. The summed E-state index contributed by atoms with van der Waals surface area (Å²) >= 11 is 6.05. The minimum absolute atomic E-state index is 0.264. The van der Waals surface area contributed by atoms with Crippen molar-refractivity contribution in [1.29, 1.82) is 0 Å². The second-order valence-corrected chi connectivity index (χ2v) is 8.72. The Morgan fingerprint density at radius 1 is 1.15 bits per heavy atom. The first kappa shape index (κ1) is 20.0. The van der Waals surface area contributed by atoms with Gasteiger partial charge in [0.15, 0.2) is 5.75 Å². The topological polar surface area (TPSA) is 49.4 Å². The van der Waals surface area contributed by atoms with Crippen molar-refractivity contribution in [2.75, 3.05) is 17.2 Å². The molecule has 0 fully saturated rings. The van der Waals surface area contributed by atoms with Gasteiger partial charge in [0.25, 0.3) is 0 Å². The fraction of sp³-hybridized carbons (Fsp3) is 0.333. The number of rotatable bonds is 5. The lowest BCUT2D eigenvalue weighted by Gasteiger charge is -2.36. The molecule has 0 saturated carbocycles. The van der Waals surface area contributed by atoms with Crippen molar-refractivity contribution in [3.05, 3.63) is 64.7 Å². The van der Waals surface area contributed by atoms with Gasteiger partial charge in [-0.2, -0.15) is 13.2 Å². The quantitative estimate of drug-likeness (QED) is 0.804. The maximum atomic E-state index is 12.5. The number of sulfonamides is 1. The van der Waals surface area contributed by atoms with E-state index in [-0.39, 0.29) is 13.0 Å². The molecule has 3 rings (SSSR count). The maximum absolute atomic E-state index is 12.5. The van der Waals surface area contributed by atoms with Crippen LogP contribution in [0.1, 0.15) is 11.1 Å². The van der Waals surface area contributed by atoms with Crippen LogP contribution in [0.3, 0.4) is 0 Å². The fourth-order valence-corrected chi connectivity index (χ4v) is 4.64. The third-order valence-electron chi connectivity index (χ3n) is 4.21. The Morgan fingerprint density at radius 3 is 2.52 bits per heavy atom. The van der Waals surface area contributed by atoms with Crippen LogP contribution in [0.5, 0.6) is 0 Å². The summed E-state index contributed by atoms with van der Waals surface area (Å²) in [6.45, 7) is 0.771. The van der Waals surface area contributed by atoms with Crippen LogP contribution in [0.25, 0.3) is 0 Å². The molecule has 4 nitrogen and oxygen atoms in total.